The average Bonchev–Trinajstić information content (AvgIpc) is 2.24. The SMILES string of the molecule is CC1CN(CC(O)CO)S(=O)(=O)C1. The molecule has 2 atom stereocenters. The number of β-amino-alcohol motifs (C(OH)–C–C–N with tert-alkyl or cyclic N) is 1. The second-order valence-corrected chi connectivity index (χ2v) is 5.55. The minimum atomic E-state index is -3.18. The maximum atomic E-state index is 11.4. The summed E-state index contributed by atoms with van der Waals surface area (Å²) < 4.78 is 23.9. The van der Waals surface area contributed by atoms with E-state index in [1.807, 2.05) is 6.92 Å². The van der Waals surface area contributed by atoms with E-state index < -0.39 is 22.7 Å². The Morgan fingerprint density at radius 3 is 2.62 bits per heavy atom. The van der Waals surface area contributed by atoms with Gasteiger partial charge in [0.1, 0.15) is 0 Å². The maximum Gasteiger partial charge on any atom is 0.214 e. The average molecular weight is 209 g/mol. The molecule has 13 heavy (non-hydrogen) atoms. The molecule has 0 aromatic heterocycles. The molecule has 0 spiro atoms. The van der Waals surface area contributed by atoms with E-state index in [-0.39, 0.29) is 18.2 Å². The smallest absolute Gasteiger partial charge is 0.214 e. The van der Waals surface area contributed by atoms with Crippen LogP contribution in [0.4, 0.5) is 0 Å². The lowest BCUT2D eigenvalue weighted by Gasteiger charge is -2.16. The zero-order valence-corrected chi connectivity index (χ0v) is 8.37. The molecule has 6 heteroatoms. The van der Waals surface area contributed by atoms with Crippen molar-refractivity contribution < 1.29 is 18.6 Å². The predicted octanol–water partition coefficient (Wildman–Crippen LogP) is -1.38. The van der Waals surface area contributed by atoms with Gasteiger partial charge in [-0.3, -0.25) is 0 Å². The van der Waals surface area contributed by atoms with Crippen molar-refractivity contribution in [1.29, 1.82) is 0 Å². The second kappa shape index (κ2) is 3.91. The van der Waals surface area contributed by atoms with Gasteiger partial charge in [-0.15, -0.1) is 0 Å². The highest BCUT2D eigenvalue weighted by atomic mass is 32.2. The largest absolute Gasteiger partial charge is 0.394 e. The number of aliphatic hydroxyl groups excluding tert-OH is 2. The molecule has 5 nitrogen and oxygen atoms in total. The molecular formula is C7H15NO4S. The first-order valence-electron chi connectivity index (χ1n) is 4.22. The summed E-state index contributed by atoms with van der Waals surface area (Å²) >= 11 is 0. The molecule has 0 bridgehead atoms. The summed E-state index contributed by atoms with van der Waals surface area (Å²) in [6, 6.07) is 0. The van der Waals surface area contributed by atoms with Crippen molar-refractivity contribution in [1.82, 2.24) is 4.31 Å². The minimum Gasteiger partial charge on any atom is -0.394 e. The van der Waals surface area contributed by atoms with Gasteiger partial charge < -0.3 is 10.2 Å². The van der Waals surface area contributed by atoms with Gasteiger partial charge in [0, 0.05) is 13.1 Å². The molecule has 0 amide bonds. The first-order chi connectivity index (χ1) is 5.95. The Hall–Kier alpha value is -0.170. The number of nitrogens with zero attached hydrogens (tertiary/aromatic N) is 1. The van der Waals surface area contributed by atoms with Crippen LogP contribution in [-0.2, 0) is 10.0 Å². The van der Waals surface area contributed by atoms with Crippen LogP contribution in [0.1, 0.15) is 6.92 Å². The molecule has 0 radical (unpaired) electrons. The number of sulfonamides is 1. The van der Waals surface area contributed by atoms with Crippen molar-refractivity contribution >= 4 is 10.0 Å². The summed E-state index contributed by atoms with van der Waals surface area (Å²) in [5, 5.41) is 17.6. The van der Waals surface area contributed by atoms with Crippen molar-refractivity contribution in [2.75, 3.05) is 25.4 Å². The number of hydrogen-bond acceptors (Lipinski definition) is 4. The normalized spacial score (nSPS) is 30.5. The molecule has 1 saturated heterocycles. The maximum absolute atomic E-state index is 11.4. The van der Waals surface area contributed by atoms with Crippen molar-refractivity contribution in [3.8, 4) is 0 Å². The topological polar surface area (TPSA) is 77.8 Å². The molecule has 1 heterocycles. The van der Waals surface area contributed by atoms with Crippen molar-refractivity contribution in [3.05, 3.63) is 0 Å². The highest BCUT2D eigenvalue weighted by molar-refractivity contribution is 7.89. The Kier molecular flexibility index (Phi) is 3.28. The number of rotatable bonds is 3. The van der Waals surface area contributed by atoms with Crippen molar-refractivity contribution in [2.24, 2.45) is 5.92 Å². The third-order valence-electron chi connectivity index (χ3n) is 2.03. The number of aliphatic hydroxyl groups is 2. The van der Waals surface area contributed by atoms with Gasteiger partial charge in [0.2, 0.25) is 10.0 Å². The molecule has 2 N–H and O–H groups in total. The zero-order chi connectivity index (χ0) is 10.1. The fourth-order valence-corrected chi connectivity index (χ4v) is 3.38. The molecule has 78 valence electrons. The Bertz CT molecular complexity index is 264. The van der Waals surface area contributed by atoms with Crippen LogP contribution in [0.25, 0.3) is 0 Å². The number of hydrogen-bond donors (Lipinski definition) is 2. The lowest BCUT2D eigenvalue weighted by atomic mass is 10.2. The van der Waals surface area contributed by atoms with Crippen LogP contribution in [0.15, 0.2) is 0 Å². The summed E-state index contributed by atoms with van der Waals surface area (Å²) in [7, 11) is -3.18. The van der Waals surface area contributed by atoms with Gasteiger partial charge in [-0.25, -0.2) is 8.42 Å². The third-order valence-corrected chi connectivity index (χ3v) is 4.10. The molecule has 0 aliphatic carbocycles. The Morgan fingerprint density at radius 1 is 1.62 bits per heavy atom. The lowest BCUT2D eigenvalue weighted by Crippen LogP contribution is -2.35. The monoisotopic (exact) mass is 209 g/mol. The van der Waals surface area contributed by atoms with E-state index in [2.05, 4.69) is 0 Å². The van der Waals surface area contributed by atoms with E-state index >= 15 is 0 Å². The Labute approximate surface area is 78.0 Å². The minimum absolute atomic E-state index is 0.00315. The van der Waals surface area contributed by atoms with Crippen LogP contribution >= 0.6 is 0 Å². The van der Waals surface area contributed by atoms with Gasteiger partial charge in [0.05, 0.1) is 18.5 Å². The van der Waals surface area contributed by atoms with Gasteiger partial charge in [0.25, 0.3) is 0 Å². The van der Waals surface area contributed by atoms with Crippen LogP contribution < -0.4 is 0 Å². The summed E-state index contributed by atoms with van der Waals surface area (Å²) in [6.45, 7) is 1.89. The van der Waals surface area contributed by atoms with Crippen LogP contribution in [0.3, 0.4) is 0 Å². The summed E-state index contributed by atoms with van der Waals surface area (Å²) in [4.78, 5) is 0. The van der Waals surface area contributed by atoms with E-state index in [9.17, 15) is 8.42 Å². The van der Waals surface area contributed by atoms with Crippen molar-refractivity contribution in [2.45, 2.75) is 13.0 Å². The molecule has 0 aromatic rings. The Morgan fingerprint density at radius 2 is 2.23 bits per heavy atom. The van der Waals surface area contributed by atoms with Gasteiger partial charge in [-0.1, -0.05) is 6.92 Å². The molecule has 1 aliphatic heterocycles. The van der Waals surface area contributed by atoms with Crippen LogP contribution in [0, 0.1) is 5.92 Å². The molecule has 1 aliphatic rings. The molecule has 0 aromatic carbocycles. The molecule has 1 fully saturated rings. The highest BCUT2D eigenvalue weighted by Gasteiger charge is 2.34. The van der Waals surface area contributed by atoms with Gasteiger partial charge in [-0.2, -0.15) is 4.31 Å². The third kappa shape index (κ3) is 2.63. The van der Waals surface area contributed by atoms with Gasteiger partial charge in [-0.05, 0) is 5.92 Å². The van der Waals surface area contributed by atoms with E-state index in [0.717, 1.165) is 0 Å². The van der Waals surface area contributed by atoms with E-state index in [0.29, 0.717) is 6.54 Å². The summed E-state index contributed by atoms with van der Waals surface area (Å²) in [5.41, 5.74) is 0. The van der Waals surface area contributed by atoms with E-state index in [1.165, 1.54) is 4.31 Å². The predicted molar refractivity (Wildman–Crippen MR) is 47.6 cm³/mol. The van der Waals surface area contributed by atoms with E-state index in [4.69, 9.17) is 10.2 Å². The van der Waals surface area contributed by atoms with Gasteiger partial charge >= 0.3 is 0 Å². The first kappa shape index (κ1) is 10.9. The highest BCUT2D eigenvalue weighted by Crippen LogP contribution is 2.18. The standard InChI is InChI=1S/C7H15NO4S/c1-6-2-8(3-7(10)4-9)13(11,12)5-6/h6-7,9-10H,2-5H2,1H3. The lowest BCUT2D eigenvalue weighted by molar-refractivity contribution is 0.0791. The Balaban J connectivity index is 2.60. The molecule has 0 saturated carbocycles. The summed E-state index contributed by atoms with van der Waals surface area (Å²) in [5.74, 6) is 0.251. The quantitative estimate of drug-likeness (QED) is 0.600. The zero-order valence-electron chi connectivity index (χ0n) is 7.55. The van der Waals surface area contributed by atoms with Crippen LogP contribution in [0.5, 0.6) is 0 Å². The summed E-state index contributed by atoms with van der Waals surface area (Å²) in [6.07, 6.45) is -0.972. The van der Waals surface area contributed by atoms with Gasteiger partial charge in [0.15, 0.2) is 0 Å². The first-order valence-corrected chi connectivity index (χ1v) is 5.83. The fraction of sp³-hybridized carbons (Fsp3) is 1.00. The van der Waals surface area contributed by atoms with E-state index in [1.54, 1.807) is 0 Å². The van der Waals surface area contributed by atoms with Crippen molar-refractivity contribution in [3.63, 3.8) is 0 Å². The second-order valence-electron chi connectivity index (χ2n) is 3.54. The van der Waals surface area contributed by atoms with Crippen LogP contribution in [0.2, 0.25) is 0 Å². The molecule has 1 rings (SSSR count). The van der Waals surface area contributed by atoms with Crippen LogP contribution in [-0.4, -0.2) is 54.5 Å². The molecular weight excluding hydrogens is 194 g/mol. The fourth-order valence-electron chi connectivity index (χ4n) is 1.46. The molecule has 2 unspecified atom stereocenters.